The lowest BCUT2D eigenvalue weighted by Gasteiger charge is -2.03. The van der Waals surface area contributed by atoms with E-state index in [9.17, 15) is 0 Å². The SMILES string of the molecule is CCC=C([n+]1cccc2ccccc21)[n+]1cccc2ccccc21. The quantitative estimate of drug-likeness (QED) is 0.502. The van der Waals surface area contributed by atoms with Gasteiger partial charge in [0.15, 0.2) is 12.4 Å². The van der Waals surface area contributed by atoms with Gasteiger partial charge in [0.25, 0.3) is 0 Å². The van der Waals surface area contributed by atoms with Crippen LogP contribution in [-0.2, 0) is 0 Å². The molecule has 0 fully saturated rings. The van der Waals surface area contributed by atoms with Gasteiger partial charge < -0.3 is 0 Å². The van der Waals surface area contributed by atoms with E-state index in [4.69, 9.17) is 0 Å². The van der Waals surface area contributed by atoms with Crippen molar-refractivity contribution in [2.45, 2.75) is 13.3 Å². The lowest BCUT2D eigenvalue weighted by atomic mass is 10.2. The van der Waals surface area contributed by atoms with Gasteiger partial charge in [-0.15, -0.1) is 9.13 Å². The highest BCUT2D eigenvalue weighted by molar-refractivity contribution is 5.76. The number of hydrogen-bond acceptors (Lipinski definition) is 0. The molecule has 4 aromatic rings. The van der Waals surface area contributed by atoms with Crippen LogP contribution in [0.4, 0.5) is 0 Å². The highest BCUT2D eigenvalue weighted by atomic mass is 15.2. The molecule has 0 aliphatic rings. The Morgan fingerprint density at radius 2 is 1.17 bits per heavy atom. The lowest BCUT2D eigenvalue weighted by Crippen LogP contribution is -2.53. The number of hydrogen-bond donors (Lipinski definition) is 0. The van der Waals surface area contributed by atoms with Crippen LogP contribution in [0.5, 0.6) is 0 Å². The highest BCUT2D eigenvalue weighted by Gasteiger charge is 2.25. The molecule has 24 heavy (non-hydrogen) atoms. The van der Waals surface area contributed by atoms with E-state index in [0.29, 0.717) is 0 Å². The maximum absolute atomic E-state index is 2.28. The van der Waals surface area contributed by atoms with Crippen molar-refractivity contribution in [2.24, 2.45) is 0 Å². The first-order valence-electron chi connectivity index (χ1n) is 8.38. The van der Waals surface area contributed by atoms with E-state index in [0.717, 1.165) is 12.2 Å². The van der Waals surface area contributed by atoms with E-state index in [1.54, 1.807) is 0 Å². The van der Waals surface area contributed by atoms with Crippen molar-refractivity contribution in [2.75, 3.05) is 0 Å². The van der Waals surface area contributed by atoms with Gasteiger partial charge in [0.05, 0.1) is 6.08 Å². The van der Waals surface area contributed by atoms with Crippen molar-refractivity contribution >= 4 is 21.8 Å². The second-order valence-electron chi connectivity index (χ2n) is 5.84. The molecule has 116 valence electrons. The third-order valence-electron chi connectivity index (χ3n) is 4.29. The van der Waals surface area contributed by atoms with Gasteiger partial charge in [-0.05, 0) is 30.7 Å². The second-order valence-corrected chi connectivity index (χ2v) is 5.84. The van der Waals surface area contributed by atoms with E-state index in [-0.39, 0.29) is 0 Å². The topological polar surface area (TPSA) is 7.76 Å². The zero-order valence-electron chi connectivity index (χ0n) is 13.8. The van der Waals surface area contributed by atoms with Crippen molar-refractivity contribution < 1.29 is 9.13 Å². The van der Waals surface area contributed by atoms with Crippen LogP contribution in [0.15, 0.2) is 91.3 Å². The Kier molecular flexibility index (Phi) is 3.80. The molecule has 0 saturated carbocycles. The average molecular weight is 312 g/mol. The number of aromatic nitrogens is 2. The first kappa shape index (κ1) is 14.6. The summed E-state index contributed by atoms with van der Waals surface area (Å²) in [5.74, 6) is 1.16. The van der Waals surface area contributed by atoms with Crippen LogP contribution in [-0.4, -0.2) is 0 Å². The summed E-state index contributed by atoms with van der Waals surface area (Å²) >= 11 is 0. The summed E-state index contributed by atoms with van der Waals surface area (Å²) in [5.41, 5.74) is 2.42. The van der Waals surface area contributed by atoms with Gasteiger partial charge in [-0.1, -0.05) is 31.2 Å². The Morgan fingerprint density at radius 1 is 0.708 bits per heavy atom. The van der Waals surface area contributed by atoms with Crippen molar-refractivity contribution in [1.29, 1.82) is 0 Å². The molecule has 2 heterocycles. The molecule has 0 saturated heterocycles. The molecular formula is C22H20N2+2. The Bertz CT molecular complexity index is 956. The van der Waals surface area contributed by atoms with Crippen LogP contribution >= 0.6 is 0 Å². The minimum absolute atomic E-state index is 0.974. The molecule has 2 aromatic heterocycles. The molecule has 2 heteroatoms. The van der Waals surface area contributed by atoms with Crippen LogP contribution < -0.4 is 9.13 Å². The molecule has 2 nitrogen and oxygen atoms in total. The Hall–Kier alpha value is -3.00. The molecule has 0 N–H and O–H groups in total. The molecule has 0 atom stereocenters. The van der Waals surface area contributed by atoms with Crippen molar-refractivity contribution in [3.05, 3.63) is 97.1 Å². The molecule has 0 spiro atoms. The van der Waals surface area contributed by atoms with E-state index in [1.807, 2.05) is 0 Å². The third kappa shape index (κ3) is 2.46. The fraction of sp³-hybridized carbons (Fsp3) is 0.0909. The molecule has 0 radical (unpaired) electrons. The minimum Gasteiger partial charge on any atom is -0.104 e. The number of pyridine rings is 2. The molecule has 0 amide bonds. The Morgan fingerprint density at radius 3 is 1.67 bits per heavy atom. The van der Waals surface area contributed by atoms with Gasteiger partial charge in [0.1, 0.15) is 0 Å². The molecule has 4 rings (SSSR count). The average Bonchev–Trinajstić information content (AvgIpc) is 2.65. The van der Waals surface area contributed by atoms with Gasteiger partial charge in [0, 0.05) is 35.0 Å². The first-order valence-corrected chi connectivity index (χ1v) is 8.38. The van der Waals surface area contributed by atoms with Gasteiger partial charge >= 0.3 is 5.82 Å². The summed E-state index contributed by atoms with van der Waals surface area (Å²) in [4.78, 5) is 0. The number of fused-ring (bicyclic) bond motifs is 2. The van der Waals surface area contributed by atoms with Crippen molar-refractivity contribution in [3.8, 4) is 0 Å². The molecule has 0 aliphatic carbocycles. The minimum atomic E-state index is 0.974. The van der Waals surface area contributed by atoms with Crippen molar-refractivity contribution in [1.82, 2.24) is 0 Å². The fourth-order valence-corrected chi connectivity index (χ4v) is 3.22. The van der Waals surface area contributed by atoms with Crippen LogP contribution in [0, 0.1) is 5.82 Å². The number of nitrogens with zero attached hydrogens (tertiary/aromatic N) is 2. The maximum atomic E-state index is 2.28. The second kappa shape index (κ2) is 6.25. The van der Waals surface area contributed by atoms with Crippen molar-refractivity contribution in [3.63, 3.8) is 0 Å². The van der Waals surface area contributed by atoms with Crippen LogP contribution in [0.3, 0.4) is 0 Å². The predicted octanol–water partition coefficient (Wildman–Crippen LogP) is 4.14. The standard InChI is InChI=1S/C22H20N2/c1-2-9-22(23-16-7-12-18-10-3-5-14-20(18)23)24-17-8-13-19-11-4-6-15-21(19)24/h3-17H,2H2,1H3/q+2. The van der Waals surface area contributed by atoms with E-state index < -0.39 is 0 Å². The molecule has 0 unspecified atom stereocenters. The highest BCUT2D eigenvalue weighted by Crippen LogP contribution is 2.11. The largest absolute Gasteiger partial charge is 0.451 e. The number of para-hydroxylation sites is 2. The number of rotatable bonds is 3. The van der Waals surface area contributed by atoms with Crippen LogP contribution in [0.2, 0.25) is 0 Å². The summed E-state index contributed by atoms with van der Waals surface area (Å²) in [7, 11) is 0. The summed E-state index contributed by atoms with van der Waals surface area (Å²) in [5, 5.41) is 2.48. The molecule has 0 bridgehead atoms. The number of benzene rings is 2. The number of allylic oxidation sites excluding steroid dienone is 1. The fourth-order valence-electron chi connectivity index (χ4n) is 3.22. The smallest absolute Gasteiger partial charge is 0.104 e. The summed E-state index contributed by atoms with van der Waals surface area (Å²) in [6.45, 7) is 2.18. The predicted molar refractivity (Wildman–Crippen MR) is 97.2 cm³/mol. The normalized spacial score (nSPS) is 10.9. The monoisotopic (exact) mass is 312 g/mol. The molecule has 0 aliphatic heterocycles. The van der Waals surface area contributed by atoms with Gasteiger partial charge in [-0.3, -0.25) is 0 Å². The third-order valence-corrected chi connectivity index (χ3v) is 4.29. The zero-order valence-corrected chi connectivity index (χ0v) is 13.8. The van der Waals surface area contributed by atoms with E-state index >= 15 is 0 Å². The maximum Gasteiger partial charge on any atom is 0.451 e. The first-order chi connectivity index (χ1) is 11.9. The Balaban J connectivity index is 2.03. The van der Waals surface area contributed by atoms with Crippen LogP contribution in [0.1, 0.15) is 13.3 Å². The van der Waals surface area contributed by atoms with Gasteiger partial charge in [-0.25, -0.2) is 0 Å². The molecule has 2 aromatic carbocycles. The van der Waals surface area contributed by atoms with Gasteiger partial charge in [0.2, 0.25) is 11.0 Å². The Labute approximate surface area is 141 Å². The van der Waals surface area contributed by atoms with Crippen LogP contribution in [0.25, 0.3) is 21.8 Å². The lowest BCUT2D eigenvalue weighted by molar-refractivity contribution is -0.812. The van der Waals surface area contributed by atoms with E-state index in [1.165, 1.54) is 21.8 Å². The van der Waals surface area contributed by atoms with Gasteiger partial charge in [-0.2, -0.15) is 0 Å². The summed E-state index contributed by atoms with van der Waals surface area (Å²) in [6, 6.07) is 25.5. The summed E-state index contributed by atoms with van der Waals surface area (Å²) in [6.07, 6.45) is 7.53. The molecular weight excluding hydrogens is 292 g/mol. The zero-order chi connectivity index (χ0) is 16.4. The summed E-state index contributed by atoms with van der Waals surface area (Å²) < 4.78 is 4.54. The van der Waals surface area contributed by atoms with E-state index in [2.05, 4.69) is 107 Å².